The summed E-state index contributed by atoms with van der Waals surface area (Å²) in [6.07, 6.45) is 6.05. The van der Waals surface area contributed by atoms with E-state index in [2.05, 4.69) is 25.7 Å². The van der Waals surface area contributed by atoms with Gasteiger partial charge in [0.1, 0.15) is 6.07 Å². The highest BCUT2D eigenvalue weighted by Gasteiger charge is 2.23. The van der Waals surface area contributed by atoms with Crippen LogP contribution in [0.15, 0.2) is 18.5 Å². The molecule has 1 saturated heterocycles. The normalized spacial score (nSPS) is 16.4. The molecule has 0 saturated carbocycles. The van der Waals surface area contributed by atoms with Gasteiger partial charge in [0, 0.05) is 37.3 Å². The summed E-state index contributed by atoms with van der Waals surface area (Å²) in [6.45, 7) is 2.18. The van der Waals surface area contributed by atoms with Gasteiger partial charge in [-0.2, -0.15) is 5.26 Å². The Hall–Kier alpha value is -2.28. The maximum absolute atomic E-state index is 10.7. The number of nitriles is 1. The lowest BCUT2D eigenvalue weighted by Crippen LogP contribution is -2.35. The molecule has 0 radical (unpaired) electrons. The Kier molecular flexibility index (Phi) is 5.98. The third kappa shape index (κ3) is 4.09. The molecule has 0 aromatic carbocycles. The van der Waals surface area contributed by atoms with Gasteiger partial charge in [-0.15, -0.1) is 0 Å². The first-order chi connectivity index (χ1) is 12.6. The number of rotatable bonds is 6. The lowest BCUT2D eigenvalue weighted by Gasteiger charge is -2.34. The summed E-state index contributed by atoms with van der Waals surface area (Å²) in [4.78, 5) is 10.7. The molecular weight excluding hydrogens is 354 g/mol. The number of ether oxygens (including phenoxy) is 1. The van der Waals surface area contributed by atoms with Gasteiger partial charge in [0.15, 0.2) is 0 Å². The van der Waals surface area contributed by atoms with Crippen molar-refractivity contribution in [3.63, 3.8) is 0 Å². The number of fused-ring (bicyclic) bond motifs is 1. The Bertz CT molecular complexity index is 846. The lowest BCUT2D eigenvalue weighted by molar-refractivity contribution is 0.381. The minimum absolute atomic E-state index is 0.494. The molecule has 0 spiro atoms. The molecule has 26 heavy (non-hydrogen) atoms. The van der Waals surface area contributed by atoms with E-state index in [1.165, 1.54) is 0 Å². The first-order valence-electron chi connectivity index (χ1n) is 8.44. The third-order valence-corrected chi connectivity index (χ3v) is 5.19. The van der Waals surface area contributed by atoms with Crippen LogP contribution in [0.5, 0.6) is 5.88 Å². The zero-order chi connectivity index (χ0) is 18.5. The van der Waals surface area contributed by atoms with Crippen LogP contribution >= 0.6 is 0 Å². The molecule has 8 nitrogen and oxygen atoms in total. The predicted molar refractivity (Wildman–Crippen MR) is 99.1 cm³/mol. The van der Waals surface area contributed by atoms with Crippen LogP contribution in [0.1, 0.15) is 24.8 Å². The highest BCUT2D eigenvalue weighted by Crippen LogP contribution is 2.34. The van der Waals surface area contributed by atoms with Crippen LogP contribution in [-0.2, 0) is 11.3 Å². The van der Waals surface area contributed by atoms with Gasteiger partial charge in [-0.05, 0) is 25.2 Å². The number of hydrogen-bond donors (Lipinski definition) is 2. The fraction of sp³-hybridized carbons (Fsp3) is 0.471. The van der Waals surface area contributed by atoms with Gasteiger partial charge in [-0.1, -0.05) is 0 Å². The average molecular weight is 375 g/mol. The van der Waals surface area contributed by atoms with Gasteiger partial charge in [0.2, 0.25) is 17.1 Å². The lowest BCUT2D eigenvalue weighted by atomic mass is 9.93. The van der Waals surface area contributed by atoms with Crippen molar-refractivity contribution in [3.05, 3.63) is 24.0 Å². The highest BCUT2D eigenvalue weighted by molar-refractivity contribution is 7.77. The van der Waals surface area contributed by atoms with Crippen molar-refractivity contribution in [1.29, 1.82) is 5.26 Å². The second-order valence-corrected chi connectivity index (χ2v) is 7.03. The van der Waals surface area contributed by atoms with Gasteiger partial charge < -0.3 is 9.64 Å². The van der Waals surface area contributed by atoms with Gasteiger partial charge in [0.05, 0.1) is 30.1 Å². The van der Waals surface area contributed by atoms with Crippen LogP contribution in [0.2, 0.25) is 0 Å². The maximum atomic E-state index is 10.7. The Balaban J connectivity index is 1.80. The van der Waals surface area contributed by atoms with E-state index in [9.17, 15) is 9.47 Å². The SMILES string of the molecule is COc1cc2c(N3CCC(CCNS(=O)O)CC3)c(C#N)cnc2cn1. The van der Waals surface area contributed by atoms with E-state index in [4.69, 9.17) is 9.29 Å². The molecule has 138 valence electrons. The summed E-state index contributed by atoms with van der Waals surface area (Å²) in [7, 11) is 1.56. The number of anilines is 1. The summed E-state index contributed by atoms with van der Waals surface area (Å²) in [5.74, 6) is 0.991. The number of piperidine rings is 1. The molecule has 2 aromatic rings. The molecule has 3 heterocycles. The van der Waals surface area contributed by atoms with E-state index in [-0.39, 0.29) is 0 Å². The summed E-state index contributed by atoms with van der Waals surface area (Å²) < 4.78 is 27.2. The second-order valence-electron chi connectivity index (χ2n) is 6.24. The van der Waals surface area contributed by atoms with E-state index < -0.39 is 11.3 Å². The minimum Gasteiger partial charge on any atom is -0.481 e. The zero-order valence-electron chi connectivity index (χ0n) is 14.5. The maximum Gasteiger partial charge on any atom is 0.231 e. The van der Waals surface area contributed by atoms with E-state index in [1.54, 1.807) is 19.5 Å². The first-order valence-corrected chi connectivity index (χ1v) is 9.55. The van der Waals surface area contributed by atoms with Crippen LogP contribution in [0.3, 0.4) is 0 Å². The zero-order valence-corrected chi connectivity index (χ0v) is 15.3. The quantitative estimate of drug-likeness (QED) is 0.741. The molecule has 0 bridgehead atoms. The van der Waals surface area contributed by atoms with Crippen LogP contribution in [0.4, 0.5) is 5.69 Å². The molecule has 1 unspecified atom stereocenters. The van der Waals surface area contributed by atoms with Crippen LogP contribution in [0, 0.1) is 17.2 Å². The molecule has 1 fully saturated rings. The third-order valence-electron chi connectivity index (χ3n) is 4.74. The fourth-order valence-corrected chi connectivity index (χ4v) is 3.68. The van der Waals surface area contributed by atoms with E-state index >= 15 is 0 Å². The predicted octanol–water partition coefficient (Wildman–Crippen LogP) is 1.84. The van der Waals surface area contributed by atoms with Crippen molar-refractivity contribution in [2.24, 2.45) is 5.92 Å². The molecule has 9 heteroatoms. The molecule has 2 aromatic heterocycles. The molecule has 2 N–H and O–H groups in total. The Labute approximate surface area is 154 Å². The molecule has 3 rings (SSSR count). The van der Waals surface area contributed by atoms with Crippen LogP contribution in [-0.4, -0.2) is 45.5 Å². The monoisotopic (exact) mass is 375 g/mol. The van der Waals surface area contributed by atoms with Crippen molar-refractivity contribution in [3.8, 4) is 11.9 Å². The number of aromatic nitrogens is 2. The molecule has 1 atom stereocenters. The Morgan fingerprint density at radius 3 is 2.85 bits per heavy atom. The topological polar surface area (TPSA) is 111 Å². The smallest absolute Gasteiger partial charge is 0.231 e. The van der Waals surface area contributed by atoms with Crippen LogP contribution < -0.4 is 14.4 Å². The summed E-state index contributed by atoms with van der Waals surface area (Å²) in [5.41, 5.74) is 2.16. The summed E-state index contributed by atoms with van der Waals surface area (Å²) in [6, 6.07) is 4.07. The number of pyridine rings is 2. The fourth-order valence-electron chi connectivity index (χ4n) is 3.39. The molecule has 1 aliphatic heterocycles. The van der Waals surface area contributed by atoms with Crippen molar-refractivity contribution in [2.75, 3.05) is 31.6 Å². The molecular formula is C17H21N5O3S. The van der Waals surface area contributed by atoms with E-state index in [0.717, 1.165) is 48.9 Å². The minimum atomic E-state index is -1.95. The van der Waals surface area contributed by atoms with Gasteiger partial charge >= 0.3 is 0 Å². The second kappa shape index (κ2) is 8.40. The Morgan fingerprint density at radius 1 is 1.42 bits per heavy atom. The van der Waals surface area contributed by atoms with Gasteiger partial charge in [-0.25, -0.2) is 13.9 Å². The first kappa shape index (κ1) is 18.5. The number of hydrogen-bond acceptors (Lipinski definition) is 6. The molecule has 0 aliphatic carbocycles. The van der Waals surface area contributed by atoms with Crippen molar-refractivity contribution >= 4 is 27.9 Å². The van der Waals surface area contributed by atoms with E-state index in [1.807, 2.05) is 6.07 Å². The number of methoxy groups -OCH3 is 1. The van der Waals surface area contributed by atoms with Crippen molar-refractivity contribution < 1.29 is 13.5 Å². The van der Waals surface area contributed by atoms with Crippen molar-refractivity contribution in [1.82, 2.24) is 14.7 Å². The highest BCUT2D eigenvalue weighted by atomic mass is 32.2. The number of nitrogens with zero attached hydrogens (tertiary/aromatic N) is 4. The summed E-state index contributed by atoms with van der Waals surface area (Å²) >= 11 is -1.95. The average Bonchev–Trinajstić information content (AvgIpc) is 2.67. The van der Waals surface area contributed by atoms with E-state index in [0.29, 0.717) is 23.9 Å². The van der Waals surface area contributed by atoms with Crippen molar-refractivity contribution in [2.45, 2.75) is 19.3 Å². The van der Waals surface area contributed by atoms with Crippen LogP contribution in [0.25, 0.3) is 10.9 Å². The van der Waals surface area contributed by atoms with Gasteiger partial charge in [0.25, 0.3) is 0 Å². The van der Waals surface area contributed by atoms with Gasteiger partial charge in [-0.3, -0.25) is 9.54 Å². The Morgan fingerprint density at radius 2 is 2.19 bits per heavy atom. The largest absolute Gasteiger partial charge is 0.481 e. The molecule has 1 aliphatic rings. The summed E-state index contributed by atoms with van der Waals surface area (Å²) in [5, 5.41) is 10.4. The standard InChI is InChI=1S/C17H21N5O3S/c1-25-16-8-14-15(11-20-16)19-10-13(9-18)17(14)22-6-3-12(4-7-22)2-5-21-26(23)24/h8,10-12,21H,2-7H2,1H3,(H,23,24). The molecule has 0 amide bonds. The number of nitrogens with one attached hydrogen (secondary N) is 1.